The van der Waals surface area contributed by atoms with Gasteiger partial charge in [0.1, 0.15) is 11.6 Å². The lowest BCUT2D eigenvalue weighted by Gasteiger charge is -2.08. The number of aryl methyl sites for hydroxylation is 1. The van der Waals surface area contributed by atoms with Crippen LogP contribution in [0.2, 0.25) is 0 Å². The zero-order chi connectivity index (χ0) is 13.7. The van der Waals surface area contributed by atoms with Crippen LogP contribution in [0.4, 0.5) is 8.78 Å². The highest BCUT2D eigenvalue weighted by Gasteiger charge is 2.10. The first-order valence-corrected chi connectivity index (χ1v) is 6.46. The highest BCUT2D eigenvalue weighted by atomic mass is 19.1. The first-order valence-electron chi connectivity index (χ1n) is 6.46. The van der Waals surface area contributed by atoms with Crippen LogP contribution in [-0.4, -0.2) is 6.54 Å². The van der Waals surface area contributed by atoms with Crippen molar-refractivity contribution in [2.75, 3.05) is 6.54 Å². The van der Waals surface area contributed by atoms with Gasteiger partial charge in [-0.05, 0) is 49.6 Å². The standard InChI is InChI=1S/C16H17F2N/c17-15-7-2-1-6-13(15)14-11-12(5-3-4-10-19)8-9-16(14)18/h1-2,6-9,11H,3-5,10,19H2. The Kier molecular flexibility index (Phi) is 4.63. The van der Waals surface area contributed by atoms with Crippen molar-refractivity contribution in [1.82, 2.24) is 0 Å². The first kappa shape index (κ1) is 13.7. The average Bonchev–Trinajstić information content (AvgIpc) is 2.42. The topological polar surface area (TPSA) is 26.0 Å². The molecule has 0 atom stereocenters. The molecule has 0 amide bonds. The molecule has 1 nitrogen and oxygen atoms in total. The smallest absolute Gasteiger partial charge is 0.131 e. The summed E-state index contributed by atoms with van der Waals surface area (Å²) in [6.45, 7) is 0.654. The van der Waals surface area contributed by atoms with E-state index in [-0.39, 0.29) is 0 Å². The molecule has 0 aromatic heterocycles. The molecule has 2 rings (SSSR count). The van der Waals surface area contributed by atoms with E-state index in [1.807, 2.05) is 0 Å². The quantitative estimate of drug-likeness (QED) is 0.811. The second-order valence-electron chi connectivity index (χ2n) is 4.54. The monoisotopic (exact) mass is 261 g/mol. The highest BCUT2D eigenvalue weighted by molar-refractivity contribution is 5.65. The van der Waals surface area contributed by atoms with Gasteiger partial charge < -0.3 is 5.73 Å². The molecule has 0 aliphatic carbocycles. The van der Waals surface area contributed by atoms with E-state index in [9.17, 15) is 8.78 Å². The minimum absolute atomic E-state index is 0.306. The second-order valence-corrected chi connectivity index (χ2v) is 4.54. The molecule has 100 valence electrons. The zero-order valence-corrected chi connectivity index (χ0v) is 10.7. The van der Waals surface area contributed by atoms with Gasteiger partial charge in [0.25, 0.3) is 0 Å². The summed E-state index contributed by atoms with van der Waals surface area (Å²) in [4.78, 5) is 0. The molecule has 0 bridgehead atoms. The molecule has 0 fully saturated rings. The van der Waals surface area contributed by atoms with Crippen LogP contribution in [-0.2, 0) is 6.42 Å². The van der Waals surface area contributed by atoms with Gasteiger partial charge in [-0.15, -0.1) is 0 Å². The lowest BCUT2D eigenvalue weighted by Crippen LogP contribution is -1.99. The molecule has 0 radical (unpaired) electrons. The maximum Gasteiger partial charge on any atom is 0.131 e. The third kappa shape index (κ3) is 3.38. The molecule has 0 saturated heterocycles. The normalized spacial score (nSPS) is 10.7. The van der Waals surface area contributed by atoms with Gasteiger partial charge >= 0.3 is 0 Å². The van der Waals surface area contributed by atoms with Gasteiger partial charge in [-0.3, -0.25) is 0 Å². The van der Waals surface area contributed by atoms with Crippen LogP contribution in [0.15, 0.2) is 42.5 Å². The fourth-order valence-corrected chi connectivity index (χ4v) is 2.09. The largest absolute Gasteiger partial charge is 0.330 e. The summed E-state index contributed by atoms with van der Waals surface area (Å²) >= 11 is 0. The van der Waals surface area contributed by atoms with Gasteiger partial charge in [0, 0.05) is 11.1 Å². The summed E-state index contributed by atoms with van der Waals surface area (Å²) in [5, 5.41) is 0. The Balaban J connectivity index is 2.30. The summed E-state index contributed by atoms with van der Waals surface area (Å²) in [6.07, 6.45) is 2.73. The van der Waals surface area contributed by atoms with Gasteiger partial charge in [-0.2, -0.15) is 0 Å². The van der Waals surface area contributed by atoms with Crippen molar-refractivity contribution >= 4 is 0 Å². The molecule has 0 aliphatic rings. The number of hydrogen-bond acceptors (Lipinski definition) is 1. The van der Waals surface area contributed by atoms with E-state index < -0.39 is 11.6 Å². The van der Waals surface area contributed by atoms with Crippen molar-refractivity contribution in [2.24, 2.45) is 5.73 Å². The van der Waals surface area contributed by atoms with Gasteiger partial charge in [-0.1, -0.05) is 24.3 Å². The number of benzene rings is 2. The lowest BCUT2D eigenvalue weighted by atomic mass is 9.99. The van der Waals surface area contributed by atoms with E-state index in [0.29, 0.717) is 17.7 Å². The van der Waals surface area contributed by atoms with Crippen molar-refractivity contribution in [2.45, 2.75) is 19.3 Å². The third-order valence-corrected chi connectivity index (χ3v) is 3.11. The third-order valence-electron chi connectivity index (χ3n) is 3.11. The Labute approximate surface area is 112 Å². The number of rotatable bonds is 5. The van der Waals surface area contributed by atoms with Gasteiger partial charge in [0.2, 0.25) is 0 Å². The number of hydrogen-bond donors (Lipinski definition) is 1. The lowest BCUT2D eigenvalue weighted by molar-refractivity contribution is 0.615. The molecule has 0 aliphatic heterocycles. The molecule has 2 N–H and O–H groups in total. The predicted molar refractivity (Wildman–Crippen MR) is 73.8 cm³/mol. The van der Waals surface area contributed by atoms with E-state index in [4.69, 9.17) is 5.73 Å². The van der Waals surface area contributed by atoms with Crippen LogP contribution in [0.5, 0.6) is 0 Å². The molecule has 3 heteroatoms. The van der Waals surface area contributed by atoms with Crippen molar-refractivity contribution in [3.8, 4) is 11.1 Å². The van der Waals surface area contributed by atoms with Crippen LogP contribution in [0.25, 0.3) is 11.1 Å². The Morgan fingerprint density at radius 3 is 2.32 bits per heavy atom. The van der Waals surface area contributed by atoms with Crippen LogP contribution in [0.3, 0.4) is 0 Å². The van der Waals surface area contributed by atoms with Gasteiger partial charge in [-0.25, -0.2) is 8.78 Å². The first-order chi connectivity index (χ1) is 9.22. The average molecular weight is 261 g/mol. The van der Waals surface area contributed by atoms with Gasteiger partial charge in [0.05, 0.1) is 0 Å². The summed E-state index contributed by atoms with van der Waals surface area (Å²) in [7, 11) is 0. The van der Waals surface area contributed by atoms with Crippen molar-refractivity contribution in [3.05, 3.63) is 59.7 Å². The molecule has 2 aromatic carbocycles. The van der Waals surface area contributed by atoms with E-state index in [2.05, 4.69) is 0 Å². The minimum atomic E-state index is -0.402. The zero-order valence-electron chi connectivity index (χ0n) is 10.7. The van der Waals surface area contributed by atoms with E-state index >= 15 is 0 Å². The minimum Gasteiger partial charge on any atom is -0.330 e. The summed E-state index contributed by atoms with van der Waals surface area (Å²) in [5.74, 6) is -0.798. The Hall–Kier alpha value is -1.74. The SMILES string of the molecule is NCCCCc1ccc(F)c(-c2ccccc2F)c1. The maximum atomic E-state index is 13.8. The molecule has 19 heavy (non-hydrogen) atoms. The summed E-state index contributed by atoms with van der Waals surface area (Å²) in [6, 6.07) is 11.1. The fourth-order valence-electron chi connectivity index (χ4n) is 2.09. The maximum absolute atomic E-state index is 13.8. The Morgan fingerprint density at radius 1 is 0.842 bits per heavy atom. The highest BCUT2D eigenvalue weighted by Crippen LogP contribution is 2.26. The van der Waals surface area contributed by atoms with Crippen LogP contribution >= 0.6 is 0 Å². The number of unbranched alkanes of at least 4 members (excludes halogenated alkanes) is 1. The molecule has 0 heterocycles. The van der Waals surface area contributed by atoms with Gasteiger partial charge in [0.15, 0.2) is 0 Å². The predicted octanol–water partition coefficient (Wildman–Crippen LogP) is 3.91. The van der Waals surface area contributed by atoms with Crippen molar-refractivity contribution in [3.63, 3.8) is 0 Å². The molecular formula is C16H17F2N. The van der Waals surface area contributed by atoms with Crippen LogP contribution in [0.1, 0.15) is 18.4 Å². The summed E-state index contributed by atoms with van der Waals surface area (Å²) in [5.41, 5.74) is 7.08. The van der Waals surface area contributed by atoms with E-state index in [1.54, 1.807) is 30.3 Å². The molecule has 0 saturated carbocycles. The molecular weight excluding hydrogens is 244 g/mol. The van der Waals surface area contributed by atoms with E-state index in [0.717, 1.165) is 24.8 Å². The van der Waals surface area contributed by atoms with Crippen molar-refractivity contribution < 1.29 is 8.78 Å². The number of halogens is 2. The Bertz CT molecular complexity index is 552. The van der Waals surface area contributed by atoms with Crippen molar-refractivity contribution in [1.29, 1.82) is 0 Å². The number of nitrogens with two attached hydrogens (primary N) is 1. The Morgan fingerprint density at radius 2 is 1.58 bits per heavy atom. The molecule has 0 unspecified atom stereocenters. The molecule has 2 aromatic rings. The summed E-state index contributed by atoms with van der Waals surface area (Å²) < 4.78 is 27.5. The van der Waals surface area contributed by atoms with Crippen LogP contribution in [0, 0.1) is 11.6 Å². The van der Waals surface area contributed by atoms with Crippen LogP contribution < -0.4 is 5.73 Å². The van der Waals surface area contributed by atoms with E-state index in [1.165, 1.54) is 12.1 Å². The molecule has 0 spiro atoms. The second kappa shape index (κ2) is 6.43. The fraction of sp³-hybridized carbons (Fsp3) is 0.250.